The summed E-state index contributed by atoms with van der Waals surface area (Å²) in [6.45, 7) is 1.41. The lowest BCUT2D eigenvalue weighted by atomic mass is 10.0. The monoisotopic (exact) mass is 382 g/mol. The average molecular weight is 382 g/mol. The second kappa shape index (κ2) is 7.26. The number of hydrogen-bond acceptors (Lipinski definition) is 3. The number of amides is 2. The molecule has 1 saturated carbocycles. The van der Waals surface area contributed by atoms with Gasteiger partial charge in [0.25, 0.3) is 0 Å². The van der Waals surface area contributed by atoms with E-state index in [9.17, 15) is 14.0 Å². The van der Waals surface area contributed by atoms with E-state index in [0.717, 1.165) is 18.4 Å². The van der Waals surface area contributed by atoms with Crippen molar-refractivity contribution in [3.8, 4) is 0 Å². The van der Waals surface area contributed by atoms with Gasteiger partial charge in [0.15, 0.2) is 0 Å². The summed E-state index contributed by atoms with van der Waals surface area (Å²) in [5.74, 6) is -0.409. The minimum atomic E-state index is -0.328. The van der Waals surface area contributed by atoms with Gasteiger partial charge in [-0.05, 0) is 42.7 Å². The van der Waals surface area contributed by atoms with E-state index in [0.29, 0.717) is 18.8 Å². The number of benzene rings is 2. The molecule has 28 heavy (non-hydrogen) atoms. The van der Waals surface area contributed by atoms with Crippen molar-refractivity contribution in [3.63, 3.8) is 0 Å². The summed E-state index contributed by atoms with van der Waals surface area (Å²) in [5, 5.41) is 0. The first-order chi connectivity index (χ1) is 13.5. The normalized spacial score (nSPS) is 22.9. The fourth-order valence-electron chi connectivity index (χ4n) is 4.04. The Labute approximate surface area is 163 Å². The van der Waals surface area contributed by atoms with Gasteiger partial charge in [0.1, 0.15) is 12.4 Å². The number of rotatable bonds is 4. The largest absolute Gasteiger partial charge is 0.445 e. The molecule has 1 saturated heterocycles. The molecule has 2 fully saturated rings. The summed E-state index contributed by atoms with van der Waals surface area (Å²) in [4.78, 5) is 28.5. The van der Waals surface area contributed by atoms with Gasteiger partial charge in [-0.15, -0.1) is 0 Å². The van der Waals surface area contributed by atoms with Crippen LogP contribution in [-0.2, 0) is 16.1 Å². The number of halogens is 1. The third-order valence-electron chi connectivity index (χ3n) is 5.88. The van der Waals surface area contributed by atoms with E-state index in [1.165, 1.54) is 12.1 Å². The van der Waals surface area contributed by atoms with Gasteiger partial charge in [0.2, 0.25) is 5.91 Å². The first-order valence-electron chi connectivity index (χ1n) is 9.47. The number of carbonyl (C=O) groups is 2. The molecule has 1 heterocycles. The molecule has 0 aromatic heterocycles. The summed E-state index contributed by atoms with van der Waals surface area (Å²) < 4.78 is 18.5. The van der Waals surface area contributed by atoms with Crippen LogP contribution in [0.3, 0.4) is 0 Å². The van der Waals surface area contributed by atoms with Gasteiger partial charge in [0, 0.05) is 37.2 Å². The number of hydrogen-bond donors (Lipinski definition) is 0. The quantitative estimate of drug-likeness (QED) is 0.807. The molecule has 2 atom stereocenters. The predicted molar refractivity (Wildman–Crippen MR) is 103 cm³/mol. The first-order valence-corrected chi connectivity index (χ1v) is 9.47. The highest BCUT2D eigenvalue weighted by Crippen LogP contribution is 2.59. The van der Waals surface area contributed by atoms with Gasteiger partial charge in [-0.1, -0.05) is 30.3 Å². The molecular formula is C22H23FN2O3. The van der Waals surface area contributed by atoms with Crippen molar-refractivity contribution in [1.29, 1.82) is 0 Å². The van der Waals surface area contributed by atoms with Crippen molar-refractivity contribution < 1.29 is 18.7 Å². The zero-order valence-corrected chi connectivity index (χ0v) is 15.8. The van der Waals surface area contributed by atoms with Crippen LogP contribution in [0.4, 0.5) is 14.9 Å². The number of nitrogens with zero attached hydrogens (tertiary/aromatic N) is 2. The Morgan fingerprint density at radius 3 is 2.61 bits per heavy atom. The van der Waals surface area contributed by atoms with Crippen LogP contribution in [0.2, 0.25) is 0 Å². The summed E-state index contributed by atoms with van der Waals surface area (Å²) in [6, 6.07) is 15.5. The van der Waals surface area contributed by atoms with Crippen LogP contribution in [0.25, 0.3) is 0 Å². The fraction of sp³-hybridized carbons (Fsp3) is 0.364. The Morgan fingerprint density at radius 2 is 1.89 bits per heavy atom. The van der Waals surface area contributed by atoms with E-state index >= 15 is 0 Å². The Balaban J connectivity index is 1.32. The SMILES string of the molecule is CN(C(=O)C1CC12CCN(C(=O)OCc1ccccc1)C2)c1ccc(F)cc1. The topological polar surface area (TPSA) is 49.9 Å². The zero-order chi connectivity index (χ0) is 19.7. The second-order valence-corrected chi connectivity index (χ2v) is 7.70. The van der Waals surface area contributed by atoms with Crippen LogP contribution in [-0.4, -0.2) is 37.0 Å². The van der Waals surface area contributed by atoms with E-state index in [4.69, 9.17) is 4.74 Å². The van der Waals surface area contributed by atoms with Gasteiger partial charge in [-0.2, -0.15) is 0 Å². The highest BCUT2D eigenvalue weighted by Gasteiger charge is 2.62. The van der Waals surface area contributed by atoms with Crippen molar-refractivity contribution in [2.75, 3.05) is 25.0 Å². The Morgan fingerprint density at radius 1 is 1.18 bits per heavy atom. The molecule has 0 radical (unpaired) electrons. The molecule has 4 rings (SSSR count). The van der Waals surface area contributed by atoms with Gasteiger partial charge < -0.3 is 14.5 Å². The smallest absolute Gasteiger partial charge is 0.410 e. The zero-order valence-electron chi connectivity index (χ0n) is 15.8. The Bertz CT molecular complexity index is 871. The molecule has 2 unspecified atom stereocenters. The van der Waals surface area contributed by atoms with Crippen LogP contribution in [0.15, 0.2) is 54.6 Å². The molecule has 1 spiro atoms. The summed E-state index contributed by atoms with van der Waals surface area (Å²) >= 11 is 0. The van der Waals surface area contributed by atoms with Crippen LogP contribution < -0.4 is 4.90 Å². The van der Waals surface area contributed by atoms with Crippen molar-refractivity contribution in [2.45, 2.75) is 19.4 Å². The van der Waals surface area contributed by atoms with Crippen LogP contribution in [0.5, 0.6) is 0 Å². The molecule has 2 amide bonds. The Hall–Kier alpha value is -2.89. The van der Waals surface area contributed by atoms with E-state index in [-0.39, 0.29) is 35.8 Å². The van der Waals surface area contributed by atoms with Crippen molar-refractivity contribution in [2.24, 2.45) is 11.3 Å². The molecule has 1 aliphatic carbocycles. The van der Waals surface area contributed by atoms with E-state index < -0.39 is 0 Å². The van der Waals surface area contributed by atoms with Gasteiger partial charge >= 0.3 is 6.09 Å². The van der Waals surface area contributed by atoms with E-state index in [1.807, 2.05) is 30.3 Å². The highest BCUT2D eigenvalue weighted by atomic mass is 19.1. The maximum Gasteiger partial charge on any atom is 0.410 e. The molecule has 5 nitrogen and oxygen atoms in total. The lowest BCUT2D eigenvalue weighted by Gasteiger charge is -2.20. The third-order valence-corrected chi connectivity index (χ3v) is 5.88. The minimum absolute atomic E-state index is 0.0195. The molecule has 2 aromatic carbocycles. The molecule has 146 valence electrons. The van der Waals surface area contributed by atoms with Gasteiger partial charge in [-0.25, -0.2) is 9.18 Å². The lowest BCUT2D eigenvalue weighted by molar-refractivity contribution is -0.120. The van der Waals surface area contributed by atoms with E-state index in [1.54, 1.807) is 29.0 Å². The number of anilines is 1. The van der Waals surface area contributed by atoms with Crippen LogP contribution in [0.1, 0.15) is 18.4 Å². The minimum Gasteiger partial charge on any atom is -0.445 e. The van der Waals surface area contributed by atoms with Gasteiger partial charge in [-0.3, -0.25) is 4.79 Å². The predicted octanol–water partition coefficient (Wildman–Crippen LogP) is 3.84. The molecule has 0 N–H and O–H groups in total. The lowest BCUT2D eigenvalue weighted by Crippen LogP contribution is -2.32. The number of carbonyl (C=O) groups excluding carboxylic acids is 2. The maximum absolute atomic E-state index is 13.1. The Kier molecular flexibility index (Phi) is 4.79. The maximum atomic E-state index is 13.1. The van der Waals surface area contributed by atoms with Crippen molar-refractivity contribution in [1.82, 2.24) is 4.90 Å². The molecule has 1 aliphatic heterocycles. The summed E-state index contributed by atoms with van der Waals surface area (Å²) in [5.41, 5.74) is 1.48. The van der Waals surface area contributed by atoms with Crippen molar-refractivity contribution in [3.05, 3.63) is 66.0 Å². The molecule has 0 bridgehead atoms. The number of ether oxygens (including phenoxy) is 1. The standard InChI is InChI=1S/C22H23FN2O3/c1-24(18-9-7-17(23)8-10-18)20(26)19-13-22(19)11-12-25(15-22)21(27)28-14-16-5-3-2-4-6-16/h2-10,19H,11-15H2,1H3. The summed E-state index contributed by atoms with van der Waals surface area (Å²) in [6.07, 6.45) is 1.26. The molecule has 2 aliphatic rings. The third kappa shape index (κ3) is 3.59. The fourth-order valence-corrected chi connectivity index (χ4v) is 4.04. The average Bonchev–Trinajstić information content (AvgIpc) is 3.25. The highest BCUT2D eigenvalue weighted by molar-refractivity contribution is 5.97. The van der Waals surface area contributed by atoms with Crippen LogP contribution >= 0.6 is 0 Å². The van der Waals surface area contributed by atoms with Crippen molar-refractivity contribution >= 4 is 17.7 Å². The van der Waals surface area contributed by atoms with E-state index in [2.05, 4.69) is 0 Å². The first kappa shape index (κ1) is 18.5. The summed E-state index contributed by atoms with van der Waals surface area (Å²) in [7, 11) is 1.71. The molecular weight excluding hydrogens is 359 g/mol. The van der Waals surface area contributed by atoms with Crippen LogP contribution in [0, 0.1) is 17.2 Å². The number of likely N-dealkylation sites (tertiary alicyclic amines) is 1. The van der Waals surface area contributed by atoms with Gasteiger partial charge in [0.05, 0.1) is 0 Å². The molecule has 6 heteroatoms. The second-order valence-electron chi connectivity index (χ2n) is 7.70. The molecule has 2 aromatic rings.